The monoisotopic (exact) mass is 411 g/mol. The van der Waals surface area contributed by atoms with E-state index in [0.29, 0.717) is 30.8 Å². The van der Waals surface area contributed by atoms with Crippen LogP contribution in [0.2, 0.25) is 0 Å². The van der Waals surface area contributed by atoms with Gasteiger partial charge in [-0.15, -0.1) is 0 Å². The van der Waals surface area contributed by atoms with Crippen LogP contribution in [0.3, 0.4) is 0 Å². The van der Waals surface area contributed by atoms with Gasteiger partial charge in [0.25, 0.3) is 0 Å². The molecule has 5 rings (SSSR count). The summed E-state index contributed by atoms with van der Waals surface area (Å²) in [7, 11) is 0. The average molecular weight is 412 g/mol. The molecule has 0 saturated carbocycles. The van der Waals surface area contributed by atoms with Crippen LogP contribution in [0.25, 0.3) is 11.0 Å². The molecule has 2 heterocycles. The van der Waals surface area contributed by atoms with E-state index in [-0.39, 0.29) is 5.63 Å². The Hall–Kier alpha value is -3.53. The smallest absolute Gasteiger partial charge is 0.340 e. The minimum Gasteiger partial charge on any atom is -0.473 e. The van der Waals surface area contributed by atoms with Crippen LogP contribution >= 0.6 is 0 Å². The molecule has 1 aliphatic heterocycles. The van der Waals surface area contributed by atoms with Crippen LogP contribution in [0.4, 0.5) is 5.69 Å². The Bertz CT molecular complexity index is 1340. The molecule has 0 amide bonds. The Morgan fingerprint density at radius 3 is 2.52 bits per heavy atom. The topological polar surface area (TPSA) is 42.7 Å². The number of aryl methyl sites for hydroxylation is 2. The van der Waals surface area contributed by atoms with Gasteiger partial charge in [-0.3, -0.25) is 0 Å². The molecule has 0 fully saturated rings. The number of anilines is 1. The lowest BCUT2D eigenvalue weighted by Crippen LogP contribution is -2.32. The summed E-state index contributed by atoms with van der Waals surface area (Å²) in [4.78, 5) is 15.2. The molecule has 4 nitrogen and oxygen atoms in total. The maximum atomic E-state index is 13.0. The van der Waals surface area contributed by atoms with E-state index >= 15 is 0 Å². The first-order chi connectivity index (χ1) is 15.0. The van der Waals surface area contributed by atoms with Crippen molar-refractivity contribution in [2.75, 3.05) is 11.6 Å². The van der Waals surface area contributed by atoms with E-state index in [1.165, 1.54) is 11.1 Å². The van der Waals surface area contributed by atoms with Crippen molar-refractivity contribution in [3.05, 3.63) is 104 Å². The van der Waals surface area contributed by atoms with Crippen LogP contribution < -0.4 is 15.3 Å². The van der Waals surface area contributed by atoms with Gasteiger partial charge >= 0.3 is 5.63 Å². The van der Waals surface area contributed by atoms with E-state index in [0.717, 1.165) is 33.5 Å². The first-order valence-electron chi connectivity index (χ1n) is 10.6. The van der Waals surface area contributed by atoms with E-state index in [1.807, 2.05) is 49.4 Å². The van der Waals surface area contributed by atoms with Crippen LogP contribution in [0.5, 0.6) is 5.75 Å². The van der Waals surface area contributed by atoms with Gasteiger partial charge in [0.05, 0.1) is 12.1 Å². The fourth-order valence-corrected chi connectivity index (χ4v) is 4.40. The first-order valence-corrected chi connectivity index (χ1v) is 10.6. The molecule has 4 aromatic rings. The summed E-state index contributed by atoms with van der Waals surface area (Å²) in [6.07, 6.45) is 0.563. The fourth-order valence-electron chi connectivity index (χ4n) is 4.40. The molecule has 0 atom stereocenters. The van der Waals surface area contributed by atoms with Crippen molar-refractivity contribution in [3.63, 3.8) is 0 Å². The number of ether oxygens (including phenoxy) is 1. The van der Waals surface area contributed by atoms with Gasteiger partial charge in [0.15, 0.2) is 6.73 Å². The zero-order chi connectivity index (χ0) is 21.5. The van der Waals surface area contributed by atoms with Gasteiger partial charge in [0.2, 0.25) is 0 Å². The van der Waals surface area contributed by atoms with Crippen molar-refractivity contribution >= 4 is 16.7 Å². The van der Waals surface area contributed by atoms with Crippen LogP contribution in [-0.4, -0.2) is 6.73 Å². The number of hydrogen-bond donors (Lipinski definition) is 0. The third kappa shape index (κ3) is 3.38. The van der Waals surface area contributed by atoms with Crippen molar-refractivity contribution in [2.24, 2.45) is 0 Å². The van der Waals surface area contributed by atoms with Crippen molar-refractivity contribution in [1.29, 1.82) is 0 Å². The van der Waals surface area contributed by atoms with Crippen molar-refractivity contribution < 1.29 is 9.15 Å². The standard InChI is InChI=1S/C27H25NO3/c1-17-8-7-11-24(18(17)2)28-15-23-25(30-16-28)13-12-21-19(3)22(27(29)31-26(21)23)14-20-9-5-4-6-10-20/h4-13H,14-16H2,1-3H3. The lowest BCUT2D eigenvalue weighted by molar-refractivity contribution is 0.289. The largest absolute Gasteiger partial charge is 0.473 e. The molecule has 0 spiro atoms. The molecular formula is C27H25NO3. The second-order valence-electron chi connectivity index (χ2n) is 8.26. The highest BCUT2D eigenvalue weighted by atomic mass is 16.5. The number of hydrogen-bond acceptors (Lipinski definition) is 4. The van der Waals surface area contributed by atoms with Crippen molar-refractivity contribution in [1.82, 2.24) is 0 Å². The molecule has 3 aromatic carbocycles. The van der Waals surface area contributed by atoms with E-state index in [4.69, 9.17) is 9.15 Å². The van der Waals surface area contributed by atoms with Crippen LogP contribution in [0, 0.1) is 20.8 Å². The fraction of sp³-hybridized carbons (Fsp3) is 0.222. The SMILES string of the molecule is Cc1cccc(N2COc3ccc4c(C)c(Cc5ccccc5)c(=O)oc4c3C2)c1C. The van der Waals surface area contributed by atoms with Crippen molar-refractivity contribution in [2.45, 2.75) is 33.7 Å². The minimum atomic E-state index is -0.272. The van der Waals surface area contributed by atoms with Gasteiger partial charge < -0.3 is 14.1 Å². The lowest BCUT2D eigenvalue weighted by Gasteiger charge is -2.32. The highest BCUT2D eigenvalue weighted by Crippen LogP contribution is 2.36. The zero-order valence-electron chi connectivity index (χ0n) is 18.1. The van der Waals surface area contributed by atoms with Gasteiger partial charge in [0.1, 0.15) is 11.3 Å². The van der Waals surface area contributed by atoms with Crippen LogP contribution in [0.15, 0.2) is 69.9 Å². The van der Waals surface area contributed by atoms with Gasteiger partial charge in [0, 0.05) is 23.1 Å². The predicted octanol–water partition coefficient (Wildman–Crippen LogP) is 5.67. The lowest BCUT2D eigenvalue weighted by atomic mass is 9.97. The third-order valence-corrected chi connectivity index (χ3v) is 6.38. The van der Waals surface area contributed by atoms with E-state index in [1.54, 1.807) is 0 Å². The second-order valence-corrected chi connectivity index (χ2v) is 8.26. The number of benzene rings is 3. The molecule has 1 aromatic heterocycles. The third-order valence-electron chi connectivity index (χ3n) is 6.38. The molecular weight excluding hydrogens is 386 g/mol. The van der Waals surface area contributed by atoms with Gasteiger partial charge in [-0.2, -0.15) is 0 Å². The normalized spacial score (nSPS) is 13.2. The maximum absolute atomic E-state index is 13.0. The van der Waals surface area contributed by atoms with E-state index in [2.05, 4.69) is 36.9 Å². The average Bonchev–Trinajstić information content (AvgIpc) is 2.79. The summed E-state index contributed by atoms with van der Waals surface area (Å²) in [6, 6.07) is 20.3. The van der Waals surface area contributed by atoms with Crippen molar-refractivity contribution in [3.8, 4) is 5.75 Å². The molecule has 4 heteroatoms. The minimum absolute atomic E-state index is 0.272. The Morgan fingerprint density at radius 2 is 1.71 bits per heavy atom. The summed E-state index contributed by atoms with van der Waals surface area (Å²) < 4.78 is 12.0. The Labute approximate surface area is 181 Å². The number of rotatable bonds is 3. The van der Waals surface area contributed by atoms with Gasteiger partial charge in [-0.25, -0.2) is 4.79 Å². The van der Waals surface area contributed by atoms with Gasteiger partial charge in [-0.1, -0.05) is 42.5 Å². The maximum Gasteiger partial charge on any atom is 0.340 e. The molecule has 0 N–H and O–H groups in total. The molecule has 0 unspecified atom stereocenters. The van der Waals surface area contributed by atoms with E-state index in [9.17, 15) is 4.79 Å². The van der Waals surface area contributed by atoms with Gasteiger partial charge in [-0.05, 0) is 61.2 Å². The molecule has 31 heavy (non-hydrogen) atoms. The Balaban J connectivity index is 1.59. The molecule has 0 radical (unpaired) electrons. The Kier molecular flexibility index (Phi) is 4.78. The summed E-state index contributed by atoms with van der Waals surface area (Å²) in [5.74, 6) is 0.785. The van der Waals surface area contributed by atoms with Crippen LogP contribution in [0.1, 0.15) is 33.4 Å². The molecule has 0 saturated heterocycles. The summed E-state index contributed by atoms with van der Waals surface area (Å²) in [6.45, 7) is 7.36. The highest BCUT2D eigenvalue weighted by molar-refractivity contribution is 5.86. The highest BCUT2D eigenvalue weighted by Gasteiger charge is 2.24. The predicted molar refractivity (Wildman–Crippen MR) is 124 cm³/mol. The second kappa shape index (κ2) is 7.62. The summed E-state index contributed by atoms with van der Waals surface area (Å²) >= 11 is 0. The molecule has 1 aliphatic rings. The number of nitrogens with zero attached hydrogens (tertiary/aromatic N) is 1. The summed E-state index contributed by atoms with van der Waals surface area (Å²) in [5.41, 5.74) is 7.69. The van der Waals surface area contributed by atoms with E-state index < -0.39 is 0 Å². The number of fused-ring (bicyclic) bond motifs is 3. The first kappa shape index (κ1) is 19.4. The quantitative estimate of drug-likeness (QED) is 0.408. The molecule has 0 bridgehead atoms. The summed E-state index contributed by atoms with van der Waals surface area (Å²) in [5, 5.41) is 0.968. The molecule has 156 valence electrons. The van der Waals surface area contributed by atoms with Crippen LogP contribution in [-0.2, 0) is 13.0 Å². The zero-order valence-corrected chi connectivity index (χ0v) is 18.1. The Morgan fingerprint density at radius 1 is 0.903 bits per heavy atom. The molecule has 0 aliphatic carbocycles.